The molecule has 0 spiro atoms. The lowest BCUT2D eigenvalue weighted by Crippen LogP contribution is -2.34. The molecule has 0 radical (unpaired) electrons. The van der Waals surface area contributed by atoms with Crippen LogP contribution in [-0.4, -0.2) is 33.8 Å². The standard InChI is InChI=1S/C18H15ClN2O4/c19-13-5-1-11(2-6-13)10-21-16(22)9-15(17(21)23)20-14-7-3-12(4-8-14)18(24)25/h1-8,15,20H,9-10H2,(H,24,25)/t15-/m1/s1. The summed E-state index contributed by atoms with van der Waals surface area (Å²) in [6.07, 6.45) is 0.0626. The Morgan fingerprint density at radius 1 is 1.12 bits per heavy atom. The van der Waals surface area contributed by atoms with Gasteiger partial charge in [-0.25, -0.2) is 4.79 Å². The molecule has 1 saturated heterocycles. The van der Waals surface area contributed by atoms with Crippen molar-refractivity contribution in [2.45, 2.75) is 19.0 Å². The van der Waals surface area contributed by atoms with Crippen molar-refractivity contribution in [3.8, 4) is 0 Å². The van der Waals surface area contributed by atoms with Crippen LogP contribution in [0.4, 0.5) is 5.69 Å². The second-order valence-corrected chi connectivity index (χ2v) is 6.16. The molecular weight excluding hydrogens is 344 g/mol. The summed E-state index contributed by atoms with van der Waals surface area (Å²) in [4.78, 5) is 36.7. The summed E-state index contributed by atoms with van der Waals surface area (Å²) in [5.41, 5.74) is 1.56. The first-order valence-electron chi connectivity index (χ1n) is 7.62. The molecule has 2 N–H and O–H groups in total. The Bertz CT molecular complexity index is 818. The molecule has 1 atom stereocenters. The van der Waals surface area contributed by atoms with Crippen molar-refractivity contribution in [1.29, 1.82) is 0 Å². The van der Waals surface area contributed by atoms with E-state index < -0.39 is 12.0 Å². The first-order chi connectivity index (χ1) is 11.9. The first-order valence-corrected chi connectivity index (χ1v) is 8.00. The number of rotatable bonds is 5. The Hall–Kier alpha value is -2.86. The van der Waals surface area contributed by atoms with Gasteiger partial charge < -0.3 is 10.4 Å². The van der Waals surface area contributed by atoms with E-state index in [4.69, 9.17) is 16.7 Å². The SMILES string of the molecule is O=C(O)c1ccc(N[C@@H]2CC(=O)N(Cc3ccc(Cl)cc3)C2=O)cc1. The van der Waals surface area contributed by atoms with Crippen molar-refractivity contribution < 1.29 is 19.5 Å². The van der Waals surface area contributed by atoms with Crippen LogP contribution in [0, 0.1) is 0 Å². The zero-order chi connectivity index (χ0) is 18.0. The molecule has 2 aromatic rings. The van der Waals surface area contributed by atoms with Gasteiger partial charge in [-0.2, -0.15) is 0 Å². The summed E-state index contributed by atoms with van der Waals surface area (Å²) >= 11 is 5.84. The van der Waals surface area contributed by atoms with Gasteiger partial charge in [-0.3, -0.25) is 14.5 Å². The summed E-state index contributed by atoms with van der Waals surface area (Å²) in [6, 6.07) is 12.3. The monoisotopic (exact) mass is 358 g/mol. The third-order valence-electron chi connectivity index (χ3n) is 3.97. The molecule has 0 unspecified atom stereocenters. The van der Waals surface area contributed by atoms with Crippen LogP contribution in [0.5, 0.6) is 0 Å². The number of hydrogen-bond acceptors (Lipinski definition) is 4. The quantitative estimate of drug-likeness (QED) is 0.802. The number of amides is 2. The molecule has 25 heavy (non-hydrogen) atoms. The van der Waals surface area contributed by atoms with Gasteiger partial charge in [-0.05, 0) is 42.0 Å². The summed E-state index contributed by atoms with van der Waals surface area (Å²) in [6.45, 7) is 0.199. The average molecular weight is 359 g/mol. The van der Waals surface area contributed by atoms with Gasteiger partial charge in [0.25, 0.3) is 5.91 Å². The van der Waals surface area contributed by atoms with E-state index in [0.717, 1.165) is 5.56 Å². The molecule has 2 amide bonds. The second-order valence-electron chi connectivity index (χ2n) is 5.73. The van der Waals surface area contributed by atoms with Crippen LogP contribution in [-0.2, 0) is 16.1 Å². The summed E-state index contributed by atoms with van der Waals surface area (Å²) < 4.78 is 0. The number of hydrogen-bond donors (Lipinski definition) is 2. The number of nitrogens with one attached hydrogen (secondary N) is 1. The van der Waals surface area contributed by atoms with Crippen molar-refractivity contribution in [1.82, 2.24) is 4.90 Å². The van der Waals surface area contributed by atoms with Gasteiger partial charge in [-0.15, -0.1) is 0 Å². The fourth-order valence-corrected chi connectivity index (χ4v) is 2.77. The molecule has 0 aliphatic carbocycles. The Kier molecular flexibility index (Phi) is 4.72. The van der Waals surface area contributed by atoms with Crippen LogP contribution in [0.25, 0.3) is 0 Å². The van der Waals surface area contributed by atoms with E-state index in [1.807, 2.05) is 0 Å². The average Bonchev–Trinajstić information content (AvgIpc) is 2.85. The van der Waals surface area contributed by atoms with Crippen molar-refractivity contribution in [2.24, 2.45) is 0 Å². The van der Waals surface area contributed by atoms with E-state index >= 15 is 0 Å². The molecule has 1 aliphatic heterocycles. The zero-order valence-electron chi connectivity index (χ0n) is 13.1. The van der Waals surface area contributed by atoms with Crippen molar-refractivity contribution in [3.63, 3.8) is 0 Å². The van der Waals surface area contributed by atoms with Crippen LogP contribution >= 0.6 is 11.6 Å². The summed E-state index contributed by atoms with van der Waals surface area (Å²) in [5, 5.41) is 12.5. The number of carbonyl (C=O) groups is 3. The molecule has 0 saturated carbocycles. The van der Waals surface area contributed by atoms with Crippen LogP contribution in [0.3, 0.4) is 0 Å². The highest BCUT2D eigenvalue weighted by Gasteiger charge is 2.38. The molecule has 1 aliphatic rings. The molecular formula is C18H15ClN2O4. The maximum Gasteiger partial charge on any atom is 0.335 e. The van der Waals surface area contributed by atoms with Gasteiger partial charge >= 0.3 is 5.97 Å². The molecule has 128 valence electrons. The van der Waals surface area contributed by atoms with Gasteiger partial charge in [0.1, 0.15) is 6.04 Å². The third kappa shape index (κ3) is 3.80. The van der Waals surface area contributed by atoms with E-state index in [0.29, 0.717) is 10.7 Å². The number of carbonyl (C=O) groups excluding carboxylic acids is 2. The molecule has 3 rings (SSSR count). The number of carboxylic acids is 1. The molecule has 1 fully saturated rings. The van der Waals surface area contributed by atoms with E-state index in [9.17, 15) is 14.4 Å². The highest BCUT2D eigenvalue weighted by molar-refractivity contribution is 6.30. The van der Waals surface area contributed by atoms with Gasteiger partial charge in [0.05, 0.1) is 18.5 Å². The molecule has 6 nitrogen and oxygen atoms in total. The molecule has 0 bridgehead atoms. The Morgan fingerprint density at radius 2 is 1.76 bits per heavy atom. The minimum Gasteiger partial charge on any atom is -0.478 e. The van der Waals surface area contributed by atoms with Crippen molar-refractivity contribution >= 4 is 35.1 Å². The van der Waals surface area contributed by atoms with E-state index in [-0.39, 0.29) is 30.3 Å². The zero-order valence-corrected chi connectivity index (χ0v) is 13.9. The van der Waals surface area contributed by atoms with Crippen LogP contribution in [0.2, 0.25) is 5.02 Å². The van der Waals surface area contributed by atoms with Gasteiger partial charge in [0.15, 0.2) is 0 Å². The Balaban J connectivity index is 1.68. The number of aromatic carboxylic acids is 1. The topological polar surface area (TPSA) is 86.7 Å². The number of nitrogens with zero attached hydrogens (tertiary/aromatic N) is 1. The maximum absolute atomic E-state index is 12.5. The molecule has 0 aromatic heterocycles. The van der Waals surface area contributed by atoms with E-state index in [1.54, 1.807) is 36.4 Å². The van der Waals surface area contributed by atoms with Crippen LogP contribution < -0.4 is 5.32 Å². The molecule has 1 heterocycles. The number of anilines is 1. The largest absolute Gasteiger partial charge is 0.478 e. The Labute approximate surface area is 149 Å². The second kappa shape index (κ2) is 6.94. The Morgan fingerprint density at radius 3 is 2.36 bits per heavy atom. The lowest BCUT2D eigenvalue weighted by Gasteiger charge is -2.16. The fraction of sp³-hybridized carbons (Fsp3) is 0.167. The molecule has 7 heteroatoms. The minimum atomic E-state index is -1.02. The normalized spacial score (nSPS) is 17.0. The highest BCUT2D eigenvalue weighted by atomic mass is 35.5. The maximum atomic E-state index is 12.5. The molecule has 2 aromatic carbocycles. The number of halogens is 1. The third-order valence-corrected chi connectivity index (χ3v) is 4.22. The van der Waals surface area contributed by atoms with Crippen LogP contribution in [0.1, 0.15) is 22.3 Å². The first kappa shape index (κ1) is 17.0. The lowest BCUT2D eigenvalue weighted by molar-refractivity contribution is -0.139. The number of carboxylic acid groups (broad SMARTS) is 1. The van der Waals surface area contributed by atoms with Gasteiger partial charge in [-0.1, -0.05) is 23.7 Å². The van der Waals surface area contributed by atoms with Gasteiger partial charge in [0.2, 0.25) is 5.91 Å². The number of benzene rings is 2. The van der Waals surface area contributed by atoms with E-state index in [2.05, 4.69) is 5.32 Å². The van der Waals surface area contributed by atoms with E-state index in [1.165, 1.54) is 17.0 Å². The summed E-state index contributed by atoms with van der Waals surface area (Å²) in [7, 11) is 0. The van der Waals surface area contributed by atoms with Crippen molar-refractivity contribution in [3.05, 3.63) is 64.7 Å². The lowest BCUT2D eigenvalue weighted by atomic mass is 10.2. The highest BCUT2D eigenvalue weighted by Crippen LogP contribution is 2.21. The summed E-state index contributed by atoms with van der Waals surface area (Å²) in [5.74, 6) is -1.57. The van der Waals surface area contributed by atoms with Gasteiger partial charge in [0, 0.05) is 10.7 Å². The predicted octanol–water partition coefficient (Wildman–Crippen LogP) is 2.78. The minimum absolute atomic E-state index is 0.0626. The predicted molar refractivity (Wildman–Crippen MR) is 92.4 cm³/mol. The smallest absolute Gasteiger partial charge is 0.335 e. The van der Waals surface area contributed by atoms with Crippen molar-refractivity contribution in [2.75, 3.05) is 5.32 Å². The number of imide groups is 1. The fourth-order valence-electron chi connectivity index (χ4n) is 2.64. The van der Waals surface area contributed by atoms with Crippen LogP contribution in [0.15, 0.2) is 48.5 Å². The number of likely N-dealkylation sites (tertiary alicyclic amines) is 1.